The van der Waals surface area contributed by atoms with E-state index in [0.717, 1.165) is 0 Å². The minimum Gasteiger partial charge on any atom is -0.369 e. The second-order valence-electron chi connectivity index (χ2n) is 2.70. The van der Waals surface area contributed by atoms with Crippen LogP contribution >= 0.6 is 34.8 Å². The molecule has 2 nitrogen and oxygen atoms in total. The fraction of sp³-hybridized carbons (Fsp3) is 0.100. The van der Waals surface area contributed by atoms with Crippen LogP contribution < -0.4 is 5.73 Å². The van der Waals surface area contributed by atoms with Crippen LogP contribution in [0.25, 0.3) is 0 Å². The first kappa shape index (κ1) is 12.2. The van der Waals surface area contributed by atoms with Crippen LogP contribution in [0.5, 0.6) is 0 Å². The van der Waals surface area contributed by atoms with Crippen molar-refractivity contribution in [3.8, 4) is 11.8 Å². The van der Waals surface area contributed by atoms with Crippen LogP contribution in [0.1, 0.15) is 12.0 Å². The first-order valence-electron chi connectivity index (χ1n) is 3.92. The van der Waals surface area contributed by atoms with Crippen molar-refractivity contribution in [1.29, 1.82) is 0 Å². The lowest BCUT2D eigenvalue weighted by molar-refractivity contribution is -0.117. The van der Waals surface area contributed by atoms with E-state index in [0.29, 0.717) is 20.6 Å². The van der Waals surface area contributed by atoms with E-state index in [1.54, 1.807) is 12.1 Å². The number of hydrogen-bond donors (Lipinski definition) is 1. The third-order valence-electron chi connectivity index (χ3n) is 1.48. The molecule has 0 spiro atoms. The van der Waals surface area contributed by atoms with Gasteiger partial charge in [-0.1, -0.05) is 46.6 Å². The number of rotatable bonds is 1. The molecule has 78 valence electrons. The summed E-state index contributed by atoms with van der Waals surface area (Å²) in [4.78, 5) is 10.4. The first-order chi connectivity index (χ1) is 7.00. The summed E-state index contributed by atoms with van der Waals surface area (Å²) >= 11 is 17.3. The summed E-state index contributed by atoms with van der Waals surface area (Å²) in [6.45, 7) is 0. The second kappa shape index (κ2) is 5.27. The lowest BCUT2D eigenvalue weighted by Gasteiger charge is -1.99. The van der Waals surface area contributed by atoms with Gasteiger partial charge in [0, 0.05) is 5.56 Å². The van der Waals surface area contributed by atoms with Gasteiger partial charge in [0.2, 0.25) is 5.91 Å². The minimum atomic E-state index is -0.478. The van der Waals surface area contributed by atoms with Gasteiger partial charge in [-0.05, 0) is 12.1 Å². The zero-order chi connectivity index (χ0) is 11.4. The Balaban J connectivity index is 2.95. The van der Waals surface area contributed by atoms with E-state index in [1.807, 2.05) is 0 Å². The molecule has 15 heavy (non-hydrogen) atoms. The molecule has 1 rings (SSSR count). The molecule has 0 bridgehead atoms. The summed E-state index contributed by atoms with van der Waals surface area (Å²) in [5, 5.41) is 0.943. The number of primary amides is 1. The molecule has 0 radical (unpaired) electrons. The van der Waals surface area contributed by atoms with Gasteiger partial charge in [-0.25, -0.2) is 0 Å². The quantitative estimate of drug-likeness (QED) is 0.614. The van der Waals surface area contributed by atoms with Crippen LogP contribution in [-0.4, -0.2) is 5.91 Å². The summed E-state index contributed by atoms with van der Waals surface area (Å²) in [5.74, 6) is 4.82. The van der Waals surface area contributed by atoms with Crippen molar-refractivity contribution in [3.05, 3.63) is 32.8 Å². The fourth-order valence-corrected chi connectivity index (χ4v) is 1.46. The largest absolute Gasteiger partial charge is 0.369 e. The highest BCUT2D eigenvalue weighted by Crippen LogP contribution is 2.30. The number of benzene rings is 1. The number of amides is 1. The van der Waals surface area contributed by atoms with Gasteiger partial charge in [0.15, 0.2) is 0 Å². The summed E-state index contributed by atoms with van der Waals surface area (Å²) in [7, 11) is 0. The Bertz CT molecular complexity index is 436. The second-order valence-corrected chi connectivity index (χ2v) is 3.89. The monoisotopic (exact) mass is 261 g/mol. The zero-order valence-electron chi connectivity index (χ0n) is 7.48. The van der Waals surface area contributed by atoms with Gasteiger partial charge >= 0.3 is 0 Å². The van der Waals surface area contributed by atoms with Crippen LogP contribution in [0.15, 0.2) is 12.1 Å². The number of halogens is 3. The van der Waals surface area contributed by atoms with Gasteiger partial charge < -0.3 is 5.73 Å². The molecule has 0 saturated heterocycles. The van der Waals surface area contributed by atoms with Crippen LogP contribution in [0.2, 0.25) is 15.1 Å². The van der Waals surface area contributed by atoms with Gasteiger partial charge in [0.05, 0.1) is 21.5 Å². The Labute approximate surface area is 102 Å². The highest BCUT2D eigenvalue weighted by Gasteiger charge is 2.04. The van der Waals surface area contributed by atoms with Gasteiger partial charge in [0.1, 0.15) is 0 Å². The van der Waals surface area contributed by atoms with Crippen molar-refractivity contribution in [3.63, 3.8) is 0 Å². The molecule has 0 aromatic heterocycles. The van der Waals surface area contributed by atoms with Crippen molar-refractivity contribution in [2.45, 2.75) is 6.42 Å². The third kappa shape index (κ3) is 3.64. The molecule has 0 aliphatic rings. The van der Waals surface area contributed by atoms with Crippen LogP contribution in [0, 0.1) is 11.8 Å². The molecular weight excluding hydrogens is 256 g/mol. The molecule has 0 heterocycles. The van der Waals surface area contributed by atoms with E-state index in [2.05, 4.69) is 11.8 Å². The predicted molar refractivity (Wildman–Crippen MR) is 62.2 cm³/mol. The van der Waals surface area contributed by atoms with Crippen molar-refractivity contribution < 1.29 is 4.79 Å². The van der Waals surface area contributed by atoms with Crippen LogP contribution in [0.3, 0.4) is 0 Å². The average molecular weight is 263 g/mol. The summed E-state index contributed by atoms with van der Waals surface area (Å²) in [6, 6.07) is 3.15. The lowest BCUT2D eigenvalue weighted by Crippen LogP contribution is -2.08. The van der Waals surface area contributed by atoms with Gasteiger partial charge in [-0.2, -0.15) is 0 Å². The summed E-state index contributed by atoms with van der Waals surface area (Å²) in [5.41, 5.74) is 5.52. The molecule has 2 N–H and O–H groups in total. The van der Waals surface area contributed by atoms with Crippen molar-refractivity contribution in [2.24, 2.45) is 5.73 Å². The number of hydrogen-bond acceptors (Lipinski definition) is 1. The minimum absolute atomic E-state index is 0.00212. The maximum atomic E-state index is 10.4. The van der Waals surface area contributed by atoms with Gasteiger partial charge in [-0.3, -0.25) is 4.79 Å². The first-order valence-corrected chi connectivity index (χ1v) is 5.06. The molecule has 1 amide bonds. The molecule has 0 unspecified atom stereocenters. The highest BCUT2D eigenvalue weighted by atomic mass is 35.5. The Morgan fingerprint density at radius 2 is 1.80 bits per heavy atom. The van der Waals surface area contributed by atoms with E-state index in [-0.39, 0.29) is 6.42 Å². The Hall–Kier alpha value is -0.880. The van der Waals surface area contributed by atoms with E-state index < -0.39 is 5.91 Å². The zero-order valence-corrected chi connectivity index (χ0v) is 9.75. The van der Waals surface area contributed by atoms with Crippen molar-refractivity contribution in [2.75, 3.05) is 0 Å². The summed E-state index contributed by atoms with van der Waals surface area (Å²) in [6.07, 6.45) is -0.00212. The van der Waals surface area contributed by atoms with E-state index >= 15 is 0 Å². The Morgan fingerprint density at radius 3 is 2.27 bits per heavy atom. The maximum Gasteiger partial charge on any atom is 0.229 e. The van der Waals surface area contributed by atoms with Crippen molar-refractivity contribution >= 4 is 40.7 Å². The SMILES string of the molecule is NC(=O)CC#Cc1cc(Cl)c(Cl)c(Cl)c1. The number of carbonyl (C=O) groups excluding carboxylic acids is 1. The topological polar surface area (TPSA) is 43.1 Å². The van der Waals surface area contributed by atoms with Crippen LogP contribution in [0.4, 0.5) is 0 Å². The molecule has 0 aliphatic carbocycles. The third-order valence-corrected chi connectivity index (χ3v) is 2.68. The highest BCUT2D eigenvalue weighted by molar-refractivity contribution is 6.48. The maximum absolute atomic E-state index is 10.4. The van der Waals surface area contributed by atoms with E-state index in [1.165, 1.54) is 0 Å². The Morgan fingerprint density at radius 1 is 1.27 bits per heavy atom. The predicted octanol–water partition coefficient (Wildman–Crippen LogP) is 2.87. The lowest BCUT2D eigenvalue weighted by atomic mass is 10.2. The molecule has 1 aromatic rings. The standard InChI is InChI=1S/C10H6Cl3NO/c11-7-4-6(2-1-3-9(14)15)5-8(12)10(7)13/h4-5H,3H2,(H2,14,15). The smallest absolute Gasteiger partial charge is 0.229 e. The van der Waals surface area contributed by atoms with Gasteiger partial charge in [0.25, 0.3) is 0 Å². The van der Waals surface area contributed by atoms with Gasteiger partial charge in [-0.15, -0.1) is 0 Å². The molecule has 0 saturated carbocycles. The molecule has 0 fully saturated rings. The number of nitrogens with two attached hydrogens (primary N) is 1. The average Bonchev–Trinajstić information content (AvgIpc) is 2.13. The normalized spacial score (nSPS) is 9.27. The fourth-order valence-electron chi connectivity index (χ4n) is 0.861. The molecule has 0 atom stereocenters. The summed E-state index contributed by atoms with van der Waals surface area (Å²) < 4.78 is 0. The van der Waals surface area contributed by atoms with Crippen molar-refractivity contribution in [1.82, 2.24) is 0 Å². The molecule has 1 aromatic carbocycles. The molecule has 0 aliphatic heterocycles. The van der Waals surface area contributed by atoms with E-state index in [9.17, 15) is 4.79 Å². The molecular formula is C10H6Cl3NO. The van der Waals surface area contributed by atoms with E-state index in [4.69, 9.17) is 40.5 Å². The van der Waals surface area contributed by atoms with Crippen LogP contribution in [-0.2, 0) is 4.79 Å². The Kier molecular flexibility index (Phi) is 4.28. The number of carbonyl (C=O) groups is 1. The molecule has 5 heteroatoms.